The van der Waals surface area contributed by atoms with Crippen LogP contribution in [0.2, 0.25) is 0 Å². The fraction of sp³-hybridized carbons (Fsp3) is 0.310. The van der Waals surface area contributed by atoms with Crippen LogP contribution >= 0.6 is 0 Å². The largest absolute Gasteiger partial charge is 0.507 e. The number of phenolic OH excluding ortho intramolecular Hbond substituents is 1. The van der Waals surface area contributed by atoms with Gasteiger partial charge >= 0.3 is 11.9 Å². The minimum absolute atomic E-state index is 0.0180. The van der Waals surface area contributed by atoms with Crippen molar-refractivity contribution in [3.8, 4) is 11.5 Å². The molecular formula is C29H33N3O5. The van der Waals surface area contributed by atoms with Gasteiger partial charge in [0.05, 0.1) is 23.5 Å². The highest BCUT2D eigenvalue weighted by Crippen LogP contribution is 2.27. The molecule has 3 rings (SSSR count). The summed E-state index contributed by atoms with van der Waals surface area (Å²) in [6.07, 6.45) is 1.63. The van der Waals surface area contributed by atoms with E-state index in [1.165, 1.54) is 18.2 Å². The third kappa shape index (κ3) is 7.39. The Labute approximate surface area is 217 Å². The molecule has 0 bridgehead atoms. The first-order chi connectivity index (χ1) is 17.9. The molecule has 0 aliphatic rings. The summed E-state index contributed by atoms with van der Waals surface area (Å²) in [6.45, 7) is 10.2. The second-order valence-corrected chi connectivity index (χ2v) is 8.45. The molecule has 0 amide bonds. The van der Waals surface area contributed by atoms with E-state index in [0.29, 0.717) is 16.8 Å². The maximum absolute atomic E-state index is 12.7. The van der Waals surface area contributed by atoms with Crippen LogP contribution in [0.15, 0.2) is 70.9 Å². The predicted molar refractivity (Wildman–Crippen MR) is 144 cm³/mol. The summed E-state index contributed by atoms with van der Waals surface area (Å²) >= 11 is 0. The first-order valence-electron chi connectivity index (χ1n) is 12.5. The van der Waals surface area contributed by atoms with Gasteiger partial charge in [0.2, 0.25) is 0 Å². The molecule has 0 saturated carbocycles. The Morgan fingerprint density at radius 1 is 0.838 bits per heavy atom. The lowest BCUT2D eigenvalue weighted by atomic mass is 10.1. The summed E-state index contributed by atoms with van der Waals surface area (Å²) in [7, 11) is 0. The molecule has 0 unspecified atom stereocenters. The Balaban J connectivity index is 1.65. The highest BCUT2D eigenvalue weighted by molar-refractivity contribution is 5.94. The van der Waals surface area contributed by atoms with Crippen molar-refractivity contribution in [2.75, 3.05) is 24.6 Å². The molecule has 0 radical (unpaired) electrons. The molecule has 0 aromatic heterocycles. The van der Waals surface area contributed by atoms with Gasteiger partial charge in [-0.2, -0.15) is 10.2 Å². The molecule has 1 N–H and O–H groups in total. The number of hydrogen-bond donors (Lipinski definition) is 1. The Kier molecular flexibility index (Phi) is 9.77. The van der Waals surface area contributed by atoms with Gasteiger partial charge in [0, 0.05) is 24.8 Å². The molecule has 0 saturated heterocycles. The molecule has 3 aromatic carbocycles. The number of aromatic hydroxyl groups is 1. The van der Waals surface area contributed by atoms with E-state index in [1.807, 2.05) is 31.2 Å². The summed E-state index contributed by atoms with van der Waals surface area (Å²) < 4.78 is 10.5. The summed E-state index contributed by atoms with van der Waals surface area (Å²) in [4.78, 5) is 27.0. The number of carbonyl (C=O) groups is 2. The number of carbonyl (C=O) groups excluding carboxylic acids is 2. The molecule has 8 nitrogen and oxygen atoms in total. The molecule has 0 atom stereocenters. The first-order valence-corrected chi connectivity index (χ1v) is 12.5. The van der Waals surface area contributed by atoms with E-state index in [2.05, 4.69) is 29.0 Å². The van der Waals surface area contributed by atoms with E-state index in [1.54, 1.807) is 25.1 Å². The van der Waals surface area contributed by atoms with Crippen molar-refractivity contribution in [1.82, 2.24) is 0 Å². The Morgan fingerprint density at radius 2 is 1.49 bits per heavy atom. The number of aryl methyl sites for hydroxylation is 1. The van der Waals surface area contributed by atoms with Crippen LogP contribution in [-0.4, -0.2) is 36.7 Å². The third-order valence-electron chi connectivity index (χ3n) is 5.82. The fourth-order valence-corrected chi connectivity index (χ4v) is 3.67. The Morgan fingerprint density at radius 3 is 2.11 bits per heavy atom. The second kappa shape index (κ2) is 13.2. The van der Waals surface area contributed by atoms with Crippen LogP contribution in [0.1, 0.15) is 59.9 Å². The van der Waals surface area contributed by atoms with Crippen molar-refractivity contribution < 1.29 is 24.2 Å². The van der Waals surface area contributed by atoms with Crippen molar-refractivity contribution in [2.24, 2.45) is 10.2 Å². The molecule has 194 valence electrons. The lowest BCUT2D eigenvalue weighted by molar-refractivity contribution is 0.0496. The van der Waals surface area contributed by atoms with Gasteiger partial charge in [-0.25, -0.2) is 9.59 Å². The van der Waals surface area contributed by atoms with Gasteiger partial charge in [-0.15, -0.1) is 0 Å². The average Bonchev–Trinajstić information content (AvgIpc) is 2.89. The number of hydrogen-bond acceptors (Lipinski definition) is 8. The molecule has 0 heterocycles. The molecule has 3 aromatic rings. The normalized spacial score (nSPS) is 10.9. The minimum atomic E-state index is -0.621. The van der Waals surface area contributed by atoms with Crippen molar-refractivity contribution in [1.29, 1.82) is 0 Å². The number of azo groups is 1. The number of unbranched alkanes of at least 4 members (excludes halogenated alkanes) is 1. The zero-order chi connectivity index (χ0) is 26.8. The smallest absolute Gasteiger partial charge is 0.343 e. The number of nitrogens with zero attached hydrogens (tertiary/aromatic N) is 3. The fourth-order valence-electron chi connectivity index (χ4n) is 3.67. The number of esters is 2. The first kappa shape index (κ1) is 27.4. The van der Waals surface area contributed by atoms with Crippen LogP contribution < -0.4 is 9.64 Å². The monoisotopic (exact) mass is 503 g/mol. The lowest BCUT2D eigenvalue weighted by Crippen LogP contribution is -2.21. The predicted octanol–water partition coefficient (Wildman–Crippen LogP) is 7.14. The van der Waals surface area contributed by atoms with Crippen molar-refractivity contribution in [3.05, 3.63) is 77.4 Å². The van der Waals surface area contributed by atoms with E-state index in [4.69, 9.17) is 9.47 Å². The number of rotatable bonds is 11. The van der Waals surface area contributed by atoms with Crippen LogP contribution in [0.4, 0.5) is 17.1 Å². The zero-order valence-electron chi connectivity index (χ0n) is 21.7. The van der Waals surface area contributed by atoms with Gasteiger partial charge in [-0.1, -0.05) is 13.3 Å². The Bertz CT molecular complexity index is 1250. The standard InChI is InChI=1S/C29H33N3O5/c1-5-8-17-36-28(34)26-16-14-24(19-27(26)33)37-29(35)25-15-11-22(18-20(25)4)31-30-21-9-12-23(13-10-21)32(6-2)7-3/h9-16,18-19,33H,5-8,17H2,1-4H3. The number of benzene rings is 3. The Hall–Kier alpha value is -4.20. The number of phenols is 1. The van der Waals surface area contributed by atoms with E-state index in [-0.39, 0.29) is 23.7 Å². The molecule has 0 spiro atoms. The van der Waals surface area contributed by atoms with Crippen LogP contribution in [-0.2, 0) is 4.74 Å². The maximum Gasteiger partial charge on any atom is 0.343 e. The summed E-state index contributed by atoms with van der Waals surface area (Å²) in [5.41, 5.74) is 3.51. The van der Waals surface area contributed by atoms with Crippen LogP contribution in [0.3, 0.4) is 0 Å². The van der Waals surface area contributed by atoms with Crippen molar-refractivity contribution in [3.63, 3.8) is 0 Å². The summed E-state index contributed by atoms with van der Waals surface area (Å²) in [6, 6.07) is 17.0. The van der Waals surface area contributed by atoms with Gasteiger partial charge in [0.1, 0.15) is 17.1 Å². The summed E-state index contributed by atoms with van der Waals surface area (Å²) in [5.74, 6) is -1.41. The molecule has 37 heavy (non-hydrogen) atoms. The van der Waals surface area contributed by atoms with Crippen LogP contribution in [0.25, 0.3) is 0 Å². The van der Waals surface area contributed by atoms with Gasteiger partial charge in [0.15, 0.2) is 0 Å². The zero-order valence-corrected chi connectivity index (χ0v) is 21.7. The molecule has 0 fully saturated rings. The SMILES string of the molecule is CCCCOC(=O)c1ccc(OC(=O)c2ccc(N=Nc3ccc(N(CC)CC)cc3)cc2C)cc1O. The van der Waals surface area contributed by atoms with Crippen molar-refractivity contribution in [2.45, 2.75) is 40.5 Å². The van der Waals surface area contributed by atoms with E-state index in [9.17, 15) is 14.7 Å². The van der Waals surface area contributed by atoms with E-state index >= 15 is 0 Å². The molecular weight excluding hydrogens is 470 g/mol. The topological polar surface area (TPSA) is 101 Å². The minimum Gasteiger partial charge on any atom is -0.507 e. The van der Waals surface area contributed by atoms with E-state index < -0.39 is 11.9 Å². The van der Waals surface area contributed by atoms with Gasteiger partial charge < -0.3 is 19.5 Å². The second-order valence-electron chi connectivity index (χ2n) is 8.45. The lowest BCUT2D eigenvalue weighted by Gasteiger charge is -2.20. The van der Waals surface area contributed by atoms with Gasteiger partial charge in [0.25, 0.3) is 0 Å². The molecule has 0 aliphatic carbocycles. The van der Waals surface area contributed by atoms with Crippen LogP contribution in [0.5, 0.6) is 11.5 Å². The van der Waals surface area contributed by atoms with Crippen molar-refractivity contribution >= 4 is 29.0 Å². The number of ether oxygens (including phenoxy) is 2. The summed E-state index contributed by atoms with van der Waals surface area (Å²) in [5, 5.41) is 18.8. The van der Waals surface area contributed by atoms with Gasteiger partial charge in [-0.05, 0) is 87.4 Å². The molecule has 8 heteroatoms. The van der Waals surface area contributed by atoms with Crippen LogP contribution in [0, 0.1) is 6.92 Å². The highest BCUT2D eigenvalue weighted by atomic mass is 16.5. The molecule has 0 aliphatic heterocycles. The van der Waals surface area contributed by atoms with Gasteiger partial charge in [-0.3, -0.25) is 0 Å². The number of anilines is 1. The average molecular weight is 504 g/mol. The highest BCUT2D eigenvalue weighted by Gasteiger charge is 2.17. The quantitative estimate of drug-likeness (QED) is 0.129. The van der Waals surface area contributed by atoms with E-state index in [0.717, 1.165) is 37.3 Å². The third-order valence-corrected chi connectivity index (χ3v) is 5.82. The maximum atomic E-state index is 12.7.